The number of hydrogen-bond donors (Lipinski definition) is 1. The number of carboxylic acids is 1. The molecule has 2 aliphatic heterocycles. The molecular formula is C16H19FN2O3. The molecular weight excluding hydrogens is 287 g/mol. The average molecular weight is 306 g/mol. The summed E-state index contributed by atoms with van der Waals surface area (Å²) in [7, 11) is 0. The number of carbonyl (C=O) groups excluding carboxylic acids is 1. The number of nitrogens with zero attached hydrogens (tertiary/aromatic N) is 2. The van der Waals surface area contributed by atoms with Crippen LogP contribution in [0.5, 0.6) is 0 Å². The Labute approximate surface area is 128 Å². The zero-order valence-electron chi connectivity index (χ0n) is 12.2. The summed E-state index contributed by atoms with van der Waals surface area (Å²) >= 11 is 0. The minimum atomic E-state index is -0.812. The highest BCUT2D eigenvalue weighted by atomic mass is 19.1. The second-order valence-electron chi connectivity index (χ2n) is 6.28. The fraction of sp³-hybridized carbons (Fsp3) is 0.500. The summed E-state index contributed by atoms with van der Waals surface area (Å²) in [4.78, 5) is 27.1. The van der Waals surface area contributed by atoms with Gasteiger partial charge in [-0.1, -0.05) is 6.07 Å². The van der Waals surface area contributed by atoms with Crippen molar-refractivity contribution < 1.29 is 19.1 Å². The highest BCUT2D eigenvalue weighted by Crippen LogP contribution is 2.29. The van der Waals surface area contributed by atoms with Gasteiger partial charge in [-0.15, -0.1) is 0 Å². The zero-order chi connectivity index (χ0) is 15.7. The molecule has 0 aromatic heterocycles. The molecule has 118 valence electrons. The molecule has 2 fully saturated rings. The van der Waals surface area contributed by atoms with Crippen molar-refractivity contribution in [1.29, 1.82) is 0 Å². The molecule has 2 heterocycles. The van der Waals surface area contributed by atoms with Crippen molar-refractivity contribution in [3.63, 3.8) is 0 Å². The Balaban J connectivity index is 1.67. The molecule has 1 amide bonds. The third-order valence-electron chi connectivity index (χ3n) is 4.37. The second-order valence-corrected chi connectivity index (χ2v) is 6.28. The number of amides is 1. The van der Waals surface area contributed by atoms with Gasteiger partial charge < -0.3 is 10.0 Å². The average Bonchev–Trinajstić information content (AvgIpc) is 2.44. The largest absolute Gasteiger partial charge is 0.480 e. The van der Waals surface area contributed by atoms with Crippen LogP contribution in [0.3, 0.4) is 0 Å². The number of piperidine rings is 2. The maximum Gasteiger partial charge on any atom is 0.317 e. The lowest BCUT2D eigenvalue weighted by molar-refractivity contribution is -0.139. The topological polar surface area (TPSA) is 60.9 Å². The molecule has 2 saturated heterocycles. The molecule has 1 aromatic carbocycles. The van der Waals surface area contributed by atoms with E-state index in [-0.39, 0.29) is 12.5 Å². The number of carboxylic acid groups (broad SMARTS) is 1. The highest BCUT2D eigenvalue weighted by Gasteiger charge is 2.36. The van der Waals surface area contributed by atoms with Gasteiger partial charge in [0, 0.05) is 31.7 Å². The molecule has 0 saturated carbocycles. The molecule has 1 N–H and O–H groups in total. The van der Waals surface area contributed by atoms with Crippen LogP contribution in [0.25, 0.3) is 0 Å². The van der Waals surface area contributed by atoms with Crippen LogP contribution in [-0.4, -0.2) is 59.5 Å². The van der Waals surface area contributed by atoms with E-state index in [0.29, 0.717) is 43.6 Å². The lowest BCUT2D eigenvalue weighted by Crippen LogP contribution is -2.54. The molecule has 0 unspecified atom stereocenters. The quantitative estimate of drug-likeness (QED) is 0.914. The molecule has 0 spiro atoms. The summed E-state index contributed by atoms with van der Waals surface area (Å²) in [5, 5.41) is 8.90. The predicted octanol–water partition coefficient (Wildman–Crippen LogP) is 1.30. The SMILES string of the molecule is O=C(O)CN1C[C@@H]2C[C@@H](C1)CN(C(=O)c1cccc(F)c1)C2. The Morgan fingerprint density at radius 1 is 1.18 bits per heavy atom. The van der Waals surface area contributed by atoms with Gasteiger partial charge in [0.2, 0.25) is 0 Å². The van der Waals surface area contributed by atoms with Gasteiger partial charge in [0.05, 0.1) is 6.54 Å². The van der Waals surface area contributed by atoms with Gasteiger partial charge >= 0.3 is 5.97 Å². The molecule has 2 bridgehead atoms. The van der Waals surface area contributed by atoms with E-state index in [1.807, 2.05) is 4.90 Å². The van der Waals surface area contributed by atoms with Crippen LogP contribution >= 0.6 is 0 Å². The van der Waals surface area contributed by atoms with Crippen molar-refractivity contribution >= 4 is 11.9 Å². The lowest BCUT2D eigenvalue weighted by Gasteiger charge is -2.45. The van der Waals surface area contributed by atoms with Crippen LogP contribution in [0.4, 0.5) is 4.39 Å². The lowest BCUT2D eigenvalue weighted by atomic mass is 9.84. The first kappa shape index (κ1) is 15.0. The molecule has 2 aliphatic rings. The van der Waals surface area contributed by atoms with Gasteiger partial charge in [-0.3, -0.25) is 14.5 Å². The van der Waals surface area contributed by atoms with E-state index in [0.717, 1.165) is 6.42 Å². The van der Waals surface area contributed by atoms with Crippen LogP contribution in [0.1, 0.15) is 16.8 Å². The van der Waals surface area contributed by atoms with Gasteiger partial charge in [0.25, 0.3) is 5.91 Å². The van der Waals surface area contributed by atoms with E-state index in [1.54, 1.807) is 17.0 Å². The molecule has 3 rings (SSSR count). The fourth-order valence-corrected chi connectivity index (χ4v) is 3.68. The van der Waals surface area contributed by atoms with Crippen molar-refractivity contribution in [2.24, 2.45) is 11.8 Å². The maximum absolute atomic E-state index is 13.3. The summed E-state index contributed by atoms with van der Waals surface area (Å²) in [5.41, 5.74) is 0.377. The van der Waals surface area contributed by atoms with E-state index < -0.39 is 11.8 Å². The maximum atomic E-state index is 13.3. The monoisotopic (exact) mass is 306 g/mol. The molecule has 22 heavy (non-hydrogen) atoms. The van der Waals surface area contributed by atoms with E-state index in [2.05, 4.69) is 0 Å². The van der Waals surface area contributed by atoms with Gasteiger partial charge in [0.1, 0.15) is 5.82 Å². The van der Waals surface area contributed by atoms with Crippen molar-refractivity contribution in [3.05, 3.63) is 35.6 Å². The third kappa shape index (κ3) is 3.27. The van der Waals surface area contributed by atoms with Crippen LogP contribution in [0, 0.1) is 17.7 Å². The fourth-order valence-electron chi connectivity index (χ4n) is 3.68. The molecule has 2 atom stereocenters. The molecule has 0 aliphatic carbocycles. The smallest absolute Gasteiger partial charge is 0.317 e. The Bertz CT molecular complexity index is 579. The van der Waals surface area contributed by atoms with Gasteiger partial charge in [-0.05, 0) is 36.5 Å². The number of rotatable bonds is 3. The van der Waals surface area contributed by atoms with Crippen LogP contribution < -0.4 is 0 Å². The van der Waals surface area contributed by atoms with E-state index >= 15 is 0 Å². The van der Waals surface area contributed by atoms with Crippen molar-refractivity contribution in [2.45, 2.75) is 6.42 Å². The minimum Gasteiger partial charge on any atom is -0.480 e. The van der Waals surface area contributed by atoms with Crippen molar-refractivity contribution in [3.8, 4) is 0 Å². The number of hydrogen-bond acceptors (Lipinski definition) is 3. The Kier molecular flexibility index (Phi) is 4.11. The van der Waals surface area contributed by atoms with Crippen LogP contribution in [-0.2, 0) is 4.79 Å². The first-order valence-electron chi connectivity index (χ1n) is 7.50. The number of aliphatic carboxylic acids is 1. The predicted molar refractivity (Wildman–Crippen MR) is 78.0 cm³/mol. The Morgan fingerprint density at radius 2 is 1.86 bits per heavy atom. The summed E-state index contributed by atoms with van der Waals surface area (Å²) in [6, 6.07) is 5.77. The third-order valence-corrected chi connectivity index (χ3v) is 4.37. The van der Waals surface area contributed by atoms with Crippen LogP contribution in [0.2, 0.25) is 0 Å². The highest BCUT2D eigenvalue weighted by molar-refractivity contribution is 5.94. The molecule has 6 heteroatoms. The molecule has 0 radical (unpaired) electrons. The Morgan fingerprint density at radius 3 is 2.45 bits per heavy atom. The standard InChI is InChI=1S/C16H19FN2O3/c17-14-3-1-2-13(5-14)16(22)19-8-11-4-12(9-19)7-18(6-11)10-15(20)21/h1-3,5,11-12H,4,6-10H2,(H,20,21)/t11-,12-/m0/s1. The number of fused-ring (bicyclic) bond motifs is 2. The number of benzene rings is 1. The van der Waals surface area contributed by atoms with Gasteiger partial charge in [-0.2, -0.15) is 0 Å². The van der Waals surface area contributed by atoms with Gasteiger partial charge in [0.15, 0.2) is 0 Å². The van der Waals surface area contributed by atoms with E-state index in [4.69, 9.17) is 5.11 Å². The minimum absolute atomic E-state index is 0.0604. The molecule has 1 aromatic rings. The van der Waals surface area contributed by atoms with Crippen molar-refractivity contribution in [2.75, 3.05) is 32.7 Å². The summed E-state index contributed by atoms with van der Waals surface area (Å²) in [5.74, 6) is -0.766. The summed E-state index contributed by atoms with van der Waals surface area (Å²) in [6.07, 6.45) is 1.03. The number of carbonyl (C=O) groups is 2. The van der Waals surface area contributed by atoms with E-state index in [1.165, 1.54) is 12.1 Å². The van der Waals surface area contributed by atoms with Gasteiger partial charge in [-0.25, -0.2) is 4.39 Å². The summed E-state index contributed by atoms with van der Waals surface area (Å²) < 4.78 is 13.3. The zero-order valence-corrected chi connectivity index (χ0v) is 12.2. The number of likely N-dealkylation sites (tertiary alicyclic amines) is 2. The first-order valence-corrected chi connectivity index (χ1v) is 7.50. The van der Waals surface area contributed by atoms with E-state index in [9.17, 15) is 14.0 Å². The second kappa shape index (κ2) is 6.04. The normalized spacial score (nSPS) is 25.0. The molecule has 5 nitrogen and oxygen atoms in total. The number of halogens is 1. The van der Waals surface area contributed by atoms with Crippen molar-refractivity contribution in [1.82, 2.24) is 9.80 Å². The Hall–Kier alpha value is -1.95. The van der Waals surface area contributed by atoms with Crippen LogP contribution in [0.15, 0.2) is 24.3 Å². The summed E-state index contributed by atoms with van der Waals surface area (Å²) in [6.45, 7) is 2.69. The first-order chi connectivity index (χ1) is 10.5.